The molecule has 19 heavy (non-hydrogen) atoms. The van der Waals surface area contributed by atoms with Crippen LogP contribution in [0.3, 0.4) is 0 Å². The smallest absolute Gasteiger partial charge is 0.271 e. The van der Waals surface area contributed by atoms with Crippen molar-refractivity contribution in [3.8, 4) is 0 Å². The first-order valence-corrected chi connectivity index (χ1v) is 6.90. The number of carbonyl (C=O) groups excluding carboxylic acids is 1. The molecule has 1 heterocycles. The summed E-state index contributed by atoms with van der Waals surface area (Å²) < 4.78 is 0. The lowest BCUT2D eigenvalue weighted by Gasteiger charge is -2.18. The van der Waals surface area contributed by atoms with Crippen molar-refractivity contribution in [3.05, 3.63) is 22.8 Å². The normalized spacial score (nSPS) is 11.2. The Morgan fingerprint density at radius 2 is 2.05 bits per heavy atom. The Hall–Kier alpha value is -1.29. The second-order valence-electron chi connectivity index (χ2n) is 5.62. The summed E-state index contributed by atoms with van der Waals surface area (Å²) in [4.78, 5) is 16.2. The molecule has 1 rings (SSSR count). The highest BCUT2D eigenvalue weighted by Crippen LogP contribution is 2.18. The molecule has 0 aliphatic heterocycles. The van der Waals surface area contributed by atoms with E-state index in [1.54, 1.807) is 12.1 Å². The quantitative estimate of drug-likeness (QED) is 0.871. The second-order valence-corrected chi connectivity index (χ2v) is 6.03. The molecule has 0 unspecified atom stereocenters. The SMILES string of the molecule is CCNc1ccc(Cl)c(C(=O)NCCC(C)(C)C)n1. The Morgan fingerprint density at radius 1 is 1.37 bits per heavy atom. The second kappa shape index (κ2) is 6.75. The number of nitrogens with zero attached hydrogens (tertiary/aromatic N) is 1. The van der Waals surface area contributed by atoms with Gasteiger partial charge in [-0.1, -0.05) is 32.4 Å². The molecule has 1 aromatic heterocycles. The van der Waals surface area contributed by atoms with Gasteiger partial charge in [-0.05, 0) is 30.9 Å². The summed E-state index contributed by atoms with van der Waals surface area (Å²) in [6.07, 6.45) is 0.906. The molecule has 4 nitrogen and oxygen atoms in total. The van der Waals surface area contributed by atoms with E-state index in [2.05, 4.69) is 36.4 Å². The van der Waals surface area contributed by atoms with Crippen LogP contribution in [0.2, 0.25) is 5.02 Å². The third-order valence-electron chi connectivity index (χ3n) is 2.58. The highest BCUT2D eigenvalue weighted by atomic mass is 35.5. The van der Waals surface area contributed by atoms with Crippen LogP contribution in [-0.2, 0) is 0 Å². The molecule has 0 aliphatic rings. The van der Waals surface area contributed by atoms with E-state index in [-0.39, 0.29) is 17.0 Å². The van der Waals surface area contributed by atoms with Crippen molar-refractivity contribution in [1.82, 2.24) is 10.3 Å². The zero-order valence-electron chi connectivity index (χ0n) is 12.0. The number of aromatic nitrogens is 1. The number of nitrogens with one attached hydrogen (secondary N) is 2. The van der Waals surface area contributed by atoms with Crippen molar-refractivity contribution in [2.75, 3.05) is 18.4 Å². The number of pyridine rings is 1. The summed E-state index contributed by atoms with van der Waals surface area (Å²) in [5, 5.41) is 6.28. The minimum atomic E-state index is -0.228. The summed E-state index contributed by atoms with van der Waals surface area (Å²) >= 11 is 6.01. The first-order chi connectivity index (χ1) is 8.83. The van der Waals surface area contributed by atoms with Crippen molar-refractivity contribution in [3.63, 3.8) is 0 Å². The molecule has 2 N–H and O–H groups in total. The van der Waals surface area contributed by atoms with Gasteiger partial charge >= 0.3 is 0 Å². The topological polar surface area (TPSA) is 54.0 Å². The van der Waals surface area contributed by atoms with E-state index >= 15 is 0 Å². The molecule has 1 aromatic rings. The first-order valence-electron chi connectivity index (χ1n) is 6.52. The highest BCUT2D eigenvalue weighted by Gasteiger charge is 2.15. The van der Waals surface area contributed by atoms with Crippen molar-refractivity contribution in [2.45, 2.75) is 34.1 Å². The van der Waals surface area contributed by atoms with Gasteiger partial charge in [0, 0.05) is 13.1 Å². The molecule has 0 bridgehead atoms. The Labute approximate surface area is 120 Å². The maximum Gasteiger partial charge on any atom is 0.271 e. The van der Waals surface area contributed by atoms with Crippen LogP contribution < -0.4 is 10.6 Å². The summed E-state index contributed by atoms with van der Waals surface area (Å²) in [6.45, 7) is 9.74. The lowest BCUT2D eigenvalue weighted by atomic mass is 9.92. The molecule has 1 amide bonds. The predicted molar refractivity (Wildman–Crippen MR) is 79.8 cm³/mol. The van der Waals surface area contributed by atoms with Gasteiger partial charge in [0.2, 0.25) is 0 Å². The number of hydrogen-bond acceptors (Lipinski definition) is 3. The standard InChI is InChI=1S/C14H22ClN3O/c1-5-16-11-7-6-10(15)12(18-11)13(19)17-9-8-14(2,3)4/h6-7H,5,8-9H2,1-4H3,(H,16,18)(H,17,19). The molecule has 0 fully saturated rings. The minimum Gasteiger partial charge on any atom is -0.370 e. The Morgan fingerprint density at radius 3 is 2.63 bits per heavy atom. The summed E-state index contributed by atoms with van der Waals surface area (Å²) in [5.74, 6) is 0.432. The monoisotopic (exact) mass is 283 g/mol. The number of carbonyl (C=O) groups is 1. The fourth-order valence-electron chi connectivity index (χ4n) is 1.52. The van der Waals surface area contributed by atoms with Gasteiger partial charge in [0.05, 0.1) is 5.02 Å². The van der Waals surface area contributed by atoms with E-state index in [4.69, 9.17) is 11.6 Å². The van der Waals surface area contributed by atoms with Crippen LogP contribution >= 0.6 is 11.6 Å². The average Bonchev–Trinajstić information content (AvgIpc) is 2.30. The number of rotatable bonds is 5. The molecule has 106 valence electrons. The molecular formula is C14H22ClN3O. The maximum atomic E-state index is 12.0. The fourth-order valence-corrected chi connectivity index (χ4v) is 1.71. The Bertz CT molecular complexity index is 441. The molecule has 0 saturated carbocycles. The molecule has 0 saturated heterocycles. The van der Waals surface area contributed by atoms with Crippen molar-refractivity contribution < 1.29 is 4.79 Å². The maximum absolute atomic E-state index is 12.0. The van der Waals surface area contributed by atoms with E-state index < -0.39 is 0 Å². The summed E-state index contributed by atoms with van der Waals surface area (Å²) in [6, 6.07) is 3.45. The lowest BCUT2D eigenvalue weighted by Crippen LogP contribution is -2.28. The van der Waals surface area contributed by atoms with Gasteiger partial charge in [-0.25, -0.2) is 4.98 Å². The van der Waals surface area contributed by atoms with Crippen molar-refractivity contribution >= 4 is 23.3 Å². The predicted octanol–water partition coefficient (Wildman–Crippen LogP) is 3.33. The zero-order valence-corrected chi connectivity index (χ0v) is 12.8. The minimum absolute atomic E-state index is 0.191. The summed E-state index contributed by atoms with van der Waals surface area (Å²) in [7, 11) is 0. The van der Waals surface area contributed by atoms with Crippen LogP contribution in [0.4, 0.5) is 5.82 Å². The van der Waals surface area contributed by atoms with E-state index in [9.17, 15) is 4.79 Å². The van der Waals surface area contributed by atoms with Crippen molar-refractivity contribution in [2.24, 2.45) is 5.41 Å². The van der Waals surface area contributed by atoms with Gasteiger partial charge < -0.3 is 10.6 Å². The first kappa shape index (κ1) is 15.8. The Kier molecular flexibility index (Phi) is 5.60. The van der Waals surface area contributed by atoms with E-state index in [0.717, 1.165) is 13.0 Å². The van der Waals surface area contributed by atoms with Gasteiger partial charge in [-0.2, -0.15) is 0 Å². The molecule has 0 atom stereocenters. The van der Waals surface area contributed by atoms with E-state index in [1.807, 2.05) is 6.92 Å². The molecule has 5 heteroatoms. The van der Waals surface area contributed by atoms with Gasteiger partial charge in [0.15, 0.2) is 0 Å². The van der Waals surface area contributed by atoms with Gasteiger partial charge in [-0.15, -0.1) is 0 Å². The molecule has 0 radical (unpaired) electrons. The molecular weight excluding hydrogens is 262 g/mol. The highest BCUT2D eigenvalue weighted by molar-refractivity contribution is 6.33. The van der Waals surface area contributed by atoms with Crippen LogP contribution in [0, 0.1) is 5.41 Å². The van der Waals surface area contributed by atoms with Crippen LogP contribution in [0.25, 0.3) is 0 Å². The number of amides is 1. The molecule has 0 spiro atoms. The molecule has 0 aliphatic carbocycles. The van der Waals surface area contributed by atoms with Gasteiger partial charge in [-0.3, -0.25) is 4.79 Å². The van der Waals surface area contributed by atoms with Crippen LogP contribution in [-0.4, -0.2) is 24.0 Å². The lowest BCUT2D eigenvalue weighted by molar-refractivity contribution is 0.0945. The zero-order chi connectivity index (χ0) is 14.5. The third kappa shape index (κ3) is 5.47. The number of halogens is 1. The van der Waals surface area contributed by atoms with E-state index in [1.165, 1.54) is 0 Å². The summed E-state index contributed by atoms with van der Waals surface area (Å²) in [5.41, 5.74) is 0.463. The molecule has 0 aromatic carbocycles. The van der Waals surface area contributed by atoms with Gasteiger partial charge in [0.25, 0.3) is 5.91 Å². The third-order valence-corrected chi connectivity index (χ3v) is 2.88. The van der Waals surface area contributed by atoms with Crippen LogP contribution in [0.1, 0.15) is 44.6 Å². The van der Waals surface area contributed by atoms with Crippen molar-refractivity contribution in [1.29, 1.82) is 0 Å². The van der Waals surface area contributed by atoms with Crippen LogP contribution in [0.15, 0.2) is 12.1 Å². The number of hydrogen-bond donors (Lipinski definition) is 2. The largest absolute Gasteiger partial charge is 0.370 e. The fraction of sp³-hybridized carbons (Fsp3) is 0.571. The Balaban J connectivity index is 2.68. The van der Waals surface area contributed by atoms with E-state index in [0.29, 0.717) is 17.4 Å². The average molecular weight is 284 g/mol. The van der Waals surface area contributed by atoms with Crippen LogP contribution in [0.5, 0.6) is 0 Å². The number of anilines is 1. The van der Waals surface area contributed by atoms with Gasteiger partial charge in [0.1, 0.15) is 11.5 Å².